The van der Waals surface area contributed by atoms with E-state index in [-0.39, 0.29) is 6.42 Å². The average molecular weight is 403 g/mol. The Bertz CT molecular complexity index is 1350. The van der Waals surface area contributed by atoms with Crippen LogP contribution in [0.15, 0.2) is 65.2 Å². The van der Waals surface area contributed by atoms with Crippen molar-refractivity contribution in [2.24, 2.45) is 0 Å². The van der Waals surface area contributed by atoms with E-state index in [2.05, 4.69) is 15.2 Å². The SMILES string of the molecule is Nc1n[nH]c2c1cnc1oc(-c3ccc(CC(=O)Cl)cc3)c(-c3ccccc3)c12. The van der Waals surface area contributed by atoms with Gasteiger partial charge in [-0.1, -0.05) is 54.6 Å². The molecule has 0 saturated heterocycles. The van der Waals surface area contributed by atoms with Gasteiger partial charge in [-0.3, -0.25) is 9.89 Å². The van der Waals surface area contributed by atoms with Crippen molar-refractivity contribution in [2.45, 2.75) is 6.42 Å². The highest BCUT2D eigenvalue weighted by Crippen LogP contribution is 2.43. The normalized spacial score (nSPS) is 11.3. The number of fused-ring (bicyclic) bond motifs is 3. The molecule has 2 aromatic carbocycles. The Morgan fingerprint density at radius 1 is 1.07 bits per heavy atom. The van der Waals surface area contributed by atoms with Crippen molar-refractivity contribution < 1.29 is 9.21 Å². The molecule has 0 aliphatic heterocycles. The van der Waals surface area contributed by atoms with Crippen molar-refractivity contribution in [3.05, 3.63) is 66.4 Å². The van der Waals surface area contributed by atoms with Crippen LogP contribution in [0.25, 0.3) is 44.5 Å². The molecule has 0 unspecified atom stereocenters. The lowest BCUT2D eigenvalue weighted by Gasteiger charge is -2.05. The van der Waals surface area contributed by atoms with E-state index in [0.717, 1.165) is 38.5 Å². The zero-order chi connectivity index (χ0) is 20.0. The summed E-state index contributed by atoms with van der Waals surface area (Å²) in [7, 11) is 0. The Kier molecular flexibility index (Phi) is 4.07. The number of carbonyl (C=O) groups is 1. The standard InChI is InChI=1S/C22H15ClN4O2/c23-16(28)10-12-6-8-14(9-7-12)20-17(13-4-2-1-3-5-13)18-19-15(21(24)27-26-19)11-25-22(18)29-20/h1-9,11H,10H2,(H3,24,26,27). The van der Waals surface area contributed by atoms with E-state index >= 15 is 0 Å². The quantitative estimate of drug-likeness (QED) is 0.415. The Morgan fingerprint density at radius 3 is 2.55 bits per heavy atom. The molecule has 0 fully saturated rings. The number of rotatable bonds is 4. The lowest BCUT2D eigenvalue weighted by Crippen LogP contribution is -1.92. The average Bonchev–Trinajstić information content (AvgIpc) is 3.29. The zero-order valence-electron chi connectivity index (χ0n) is 15.1. The highest BCUT2D eigenvalue weighted by Gasteiger charge is 2.22. The first-order valence-corrected chi connectivity index (χ1v) is 9.37. The number of nitrogens with one attached hydrogen (secondary N) is 1. The van der Waals surface area contributed by atoms with Gasteiger partial charge in [-0.2, -0.15) is 5.10 Å². The summed E-state index contributed by atoms with van der Waals surface area (Å²) in [4.78, 5) is 15.6. The van der Waals surface area contributed by atoms with E-state index < -0.39 is 5.24 Å². The molecule has 6 nitrogen and oxygen atoms in total. The van der Waals surface area contributed by atoms with Crippen molar-refractivity contribution >= 4 is 44.7 Å². The number of nitrogens with zero attached hydrogens (tertiary/aromatic N) is 2. The summed E-state index contributed by atoms with van der Waals surface area (Å²) in [5.74, 6) is 1.08. The second-order valence-corrected chi connectivity index (χ2v) is 7.16. The lowest BCUT2D eigenvalue weighted by atomic mass is 9.98. The minimum Gasteiger partial charge on any atom is -0.437 e. The molecule has 7 heteroatoms. The van der Waals surface area contributed by atoms with Crippen molar-refractivity contribution in [3.63, 3.8) is 0 Å². The third-order valence-corrected chi connectivity index (χ3v) is 5.04. The van der Waals surface area contributed by atoms with Gasteiger partial charge in [0.15, 0.2) is 5.82 Å². The van der Waals surface area contributed by atoms with E-state index in [9.17, 15) is 4.79 Å². The monoisotopic (exact) mass is 402 g/mol. The topological polar surface area (TPSA) is 97.8 Å². The maximum Gasteiger partial charge on any atom is 0.229 e. The number of furan rings is 1. The van der Waals surface area contributed by atoms with Crippen molar-refractivity contribution in [3.8, 4) is 22.5 Å². The number of nitrogens with two attached hydrogens (primary N) is 1. The van der Waals surface area contributed by atoms with Gasteiger partial charge < -0.3 is 10.2 Å². The number of benzene rings is 2. The first-order valence-electron chi connectivity index (χ1n) is 9.00. The molecule has 0 saturated carbocycles. The summed E-state index contributed by atoms with van der Waals surface area (Å²) in [6.45, 7) is 0. The molecule has 5 aromatic rings. The minimum atomic E-state index is -0.394. The predicted octanol–water partition coefficient (Wildman–Crippen LogP) is 4.93. The number of carbonyl (C=O) groups excluding carboxylic acids is 1. The minimum absolute atomic E-state index is 0.184. The Hall–Kier alpha value is -3.64. The van der Waals surface area contributed by atoms with Gasteiger partial charge in [0.1, 0.15) is 5.76 Å². The summed E-state index contributed by atoms with van der Waals surface area (Å²) in [6.07, 6.45) is 1.84. The Labute approximate surface area is 170 Å². The first kappa shape index (κ1) is 17.5. The lowest BCUT2D eigenvalue weighted by molar-refractivity contribution is -0.111. The highest BCUT2D eigenvalue weighted by molar-refractivity contribution is 6.63. The van der Waals surface area contributed by atoms with Crippen molar-refractivity contribution in [1.29, 1.82) is 0 Å². The van der Waals surface area contributed by atoms with E-state index in [4.69, 9.17) is 21.8 Å². The highest BCUT2D eigenvalue weighted by atomic mass is 35.5. The molecular weight excluding hydrogens is 388 g/mol. The van der Waals surface area contributed by atoms with Crippen LogP contribution in [0.3, 0.4) is 0 Å². The summed E-state index contributed by atoms with van der Waals surface area (Å²) >= 11 is 5.50. The molecule has 0 atom stereocenters. The van der Waals surface area contributed by atoms with Gasteiger partial charge in [-0.05, 0) is 22.7 Å². The molecular formula is C22H15ClN4O2. The molecule has 3 aromatic heterocycles. The maximum absolute atomic E-state index is 11.2. The Morgan fingerprint density at radius 2 is 1.83 bits per heavy atom. The molecule has 142 valence electrons. The van der Waals surface area contributed by atoms with Crippen LogP contribution >= 0.6 is 11.6 Å². The molecule has 0 amide bonds. The van der Waals surface area contributed by atoms with Gasteiger partial charge in [0, 0.05) is 23.7 Å². The number of halogens is 1. The molecule has 0 radical (unpaired) electrons. The summed E-state index contributed by atoms with van der Waals surface area (Å²) in [5, 5.41) is 8.32. The zero-order valence-corrected chi connectivity index (χ0v) is 15.9. The molecule has 0 aliphatic carbocycles. The number of anilines is 1. The van der Waals surface area contributed by atoms with Crippen molar-refractivity contribution in [1.82, 2.24) is 15.2 Å². The van der Waals surface area contributed by atoms with Gasteiger partial charge >= 0.3 is 0 Å². The fourth-order valence-electron chi connectivity index (χ4n) is 3.57. The van der Waals surface area contributed by atoms with Crippen LogP contribution in [0, 0.1) is 0 Å². The number of hydrogen-bond donors (Lipinski definition) is 2. The number of aromatic nitrogens is 3. The number of pyridine rings is 1. The predicted molar refractivity (Wildman–Crippen MR) is 114 cm³/mol. The smallest absolute Gasteiger partial charge is 0.229 e. The van der Waals surface area contributed by atoms with E-state index in [1.165, 1.54) is 0 Å². The fourth-order valence-corrected chi connectivity index (χ4v) is 3.72. The molecule has 3 N–H and O–H groups in total. The molecule has 0 spiro atoms. The molecule has 0 aliphatic rings. The largest absolute Gasteiger partial charge is 0.437 e. The molecule has 5 rings (SSSR count). The first-order chi connectivity index (χ1) is 14.1. The fraction of sp³-hybridized carbons (Fsp3) is 0.0455. The number of nitrogen functional groups attached to an aromatic ring is 1. The van der Waals surface area contributed by atoms with E-state index in [0.29, 0.717) is 17.3 Å². The molecule has 29 heavy (non-hydrogen) atoms. The molecule has 0 bridgehead atoms. The summed E-state index contributed by atoms with van der Waals surface area (Å²) in [6, 6.07) is 17.5. The second-order valence-electron chi connectivity index (χ2n) is 6.74. The number of aromatic amines is 1. The van der Waals surface area contributed by atoms with E-state index in [1.54, 1.807) is 6.20 Å². The van der Waals surface area contributed by atoms with Crippen LogP contribution in [0.5, 0.6) is 0 Å². The van der Waals surface area contributed by atoms with Crippen LogP contribution in [-0.2, 0) is 11.2 Å². The van der Waals surface area contributed by atoms with Gasteiger partial charge in [0.05, 0.1) is 16.3 Å². The number of H-pyrrole nitrogens is 1. The van der Waals surface area contributed by atoms with Gasteiger partial charge in [0.2, 0.25) is 11.0 Å². The van der Waals surface area contributed by atoms with Gasteiger partial charge in [-0.15, -0.1) is 0 Å². The Balaban J connectivity index is 1.79. The van der Waals surface area contributed by atoms with Crippen LogP contribution in [0.4, 0.5) is 5.82 Å². The second kappa shape index (κ2) is 6.76. The van der Waals surface area contributed by atoms with Gasteiger partial charge in [0.25, 0.3) is 0 Å². The summed E-state index contributed by atoms with van der Waals surface area (Å²) in [5.41, 5.74) is 10.9. The van der Waals surface area contributed by atoms with Gasteiger partial charge in [-0.25, -0.2) is 4.98 Å². The molecule has 3 heterocycles. The van der Waals surface area contributed by atoms with Crippen LogP contribution < -0.4 is 5.73 Å². The number of hydrogen-bond acceptors (Lipinski definition) is 5. The van der Waals surface area contributed by atoms with Crippen LogP contribution in [0.1, 0.15) is 5.56 Å². The maximum atomic E-state index is 11.2. The van der Waals surface area contributed by atoms with Crippen LogP contribution in [-0.4, -0.2) is 20.4 Å². The third-order valence-electron chi connectivity index (χ3n) is 4.91. The third kappa shape index (κ3) is 2.94. The van der Waals surface area contributed by atoms with E-state index in [1.807, 2.05) is 54.6 Å². The summed E-state index contributed by atoms with van der Waals surface area (Å²) < 4.78 is 6.19. The van der Waals surface area contributed by atoms with Crippen LogP contribution in [0.2, 0.25) is 0 Å². The van der Waals surface area contributed by atoms with Crippen molar-refractivity contribution in [2.75, 3.05) is 5.73 Å².